The zero-order valence-electron chi connectivity index (χ0n) is 19.7. The Kier molecular flexibility index (Phi) is 8.38. The number of nitrogens with one attached hydrogen (secondary N) is 2. The molecule has 5 nitrogen and oxygen atoms in total. The summed E-state index contributed by atoms with van der Waals surface area (Å²) in [5.41, 5.74) is 3.03. The van der Waals surface area contributed by atoms with Crippen LogP contribution >= 0.6 is 11.6 Å². The molecule has 0 unspecified atom stereocenters. The third-order valence-electron chi connectivity index (χ3n) is 4.72. The average molecular weight is 447 g/mol. The number of carbonyl (C=O) groups is 1. The van der Waals surface area contributed by atoms with Gasteiger partial charge in [0.05, 0.1) is 12.1 Å². The number of benzene rings is 2. The first-order chi connectivity index (χ1) is 14.4. The fraction of sp³-hybridized carbons (Fsp3) is 0.480. The van der Waals surface area contributed by atoms with Crippen molar-refractivity contribution in [3.63, 3.8) is 0 Å². The van der Waals surface area contributed by atoms with E-state index in [1.165, 1.54) is 0 Å². The summed E-state index contributed by atoms with van der Waals surface area (Å²) in [6, 6.07) is 11.3. The lowest BCUT2D eigenvalue weighted by molar-refractivity contribution is -0.118. The highest BCUT2D eigenvalue weighted by Crippen LogP contribution is 2.37. The smallest absolute Gasteiger partial charge is 0.262 e. The van der Waals surface area contributed by atoms with E-state index in [9.17, 15) is 4.79 Å². The molecule has 2 aromatic carbocycles. The van der Waals surface area contributed by atoms with Crippen molar-refractivity contribution in [1.82, 2.24) is 5.32 Å². The Morgan fingerprint density at radius 3 is 2.29 bits per heavy atom. The molecule has 0 aliphatic rings. The summed E-state index contributed by atoms with van der Waals surface area (Å²) in [4.78, 5) is 12.2. The number of halogens is 1. The molecule has 0 spiro atoms. The van der Waals surface area contributed by atoms with Crippen LogP contribution in [0.2, 0.25) is 5.02 Å². The summed E-state index contributed by atoms with van der Waals surface area (Å²) in [7, 11) is 1.56. The summed E-state index contributed by atoms with van der Waals surface area (Å²) >= 11 is 6.47. The first-order valence-electron chi connectivity index (χ1n) is 10.5. The molecule has 2 rings (SSSR count). The first kappa shape index (κ1) is 25.0. The van der Waals surface area contributed by atoms with Crippen LogP contribution in [0.25, 0.3) is 0 Å². The van der Waals surface area contributed by atoms with E-state index in [0.717, 1.165) is 23.2 Å². The molecule has 2 aromatic rings. The molecule has 0 fully saturated rings. The van der Waals surface area contributed by atoms with Crippen molar-refractivity contribution in [2.75, 3.05) is 19.0 Å². The highest BCUT2D eigenvalue weighted by molar-refractivity contribution is 6.32. The van der Waals surface area contributed by atoms with Crippen LogP contribution in [0.4, 0.5) is 5.69 Å². The highest BCUT2D eigenvalue weighted by Gasteiger charge is 2.25. The van der Waals surface area contributed by atoms with Gasteiger partial charge in [-0.3, -0.25) is 4.79 Å². The molecule has 0 bridgehead atoms. The second kappa shape index (κ2) is 10.4. The Morgan fingerprint density at radius 2 is 1.71 bits per heavy atom. The van der Waals surface area contributed by atoms with E-state index >= 15 is 0 Å². The van der Waals surface area contributed by atoms with E-state index in [1.54, 1.807) is 7.11 Å². The number of amides is 1. The van der Waals surface area contributed by atoms with Crippen molar-refractivity contribution in [3.8, 4) is 11.5 Å². The molecule has 0 saturated carbocycles. The molecule has 0 aromatic heterocycles. The largest absolute Gasteiger partial charge is 0.493 e. The molecule has 170 valence electrons. The van der Waals surface area contributed by atoms with Crippen molar-refractivity contribution >= 4 is 23.2 Å². The van der Waals surface area contributed by atoms with Crippen LogP contribution in [0.5, 0.6) is 11.5 Å². The van der Waals surface area contributed by atoms with Gasteiger partial charge in [0.15, 0.2) is 18.1 Å². The van der Waals surface area contributed by atoms with Crippen molar-refractivity contribution in [2.24, 2.45) is 5.41 Å². The maximum absolute atomic E-state index is 12.2. The van der Waals surface area contributed by atoms with E-state index in [0.29, 0.717) is 23.1 Å². The lowest BCUT2D eigenvalue weighted by Crippen LogP contribution is -2.41. The molecule has 0 aliphatic heterocycles. The molecule has 1 amide bonds. The standard InChI is InChI=1S/C25H35ClN2O3/c1-17-8-10-19(11-9-17)28-22(29)15-31-23-20(26)12-18(13-21(23)30-7)14-27-25(5,6)16-24(2,3)4/h8-13,27H,14-16H2,1-7H3,(H,28,29). The van der Waals surface area contributed by atoms with Gasteiger partial charge in [-0.2, -0.15) is 0 Å². The van der Waals surface area contributed by atoms with Gasteiger partial charge >= 0.3 is 0 Å². The number of ether oxygens (including phenoxy) is 2. The third kappa shape index (κ3) is 8.42. The van der Waals surface area contributed by atoms with Crippen molar-refractivity contribution in [2.45, 2.75) is 60.0 Å². The molecule has 0 atom stereocenters. The molecule has 0 heterocycles. The predicted molar refractivity (Wildman–Crippen MR) is 128 cm³/mol. The van der Waals surface area contributed by atoms with E-state index in [4.69, 9.17) is 21.1 Å². The maximum atomic E-state index is 12.2. The number of hydrogen-bond donors (Lipinski definition) is 2. The van der Waals surface area contributed by atoms with Crippen LogP contribution in [0, 0.1) is 12.3 Å². The number of anilines is 1. The van der Waals surface area contributed by atoms with Crippen LogP contribution in [0.1, 0.15) is 52.2 Å². The van der Waals surface area contributed by atoms with Crippen molar-refractivity contribution in [1.29, 1.82) is 0 Å². The Hall–Kier alpha value is -2.24. The summed E-state index contributed by atoms with van der Waals surface area (Å²) in [6.07, 6.45) is 1.03. The topological polar surface area (TPSA) is 59.6 Å². The molecule has 2 N–H and O–H groups in total. The minimum absolute atomic E-state index is 0.0266. The van der Waals surface area contributed by atoms with Crippen LogP contribution in [-0.2, 0) is 11.3 Å². The molecule has 6 heteroatoms. The lowest BCUT2D eigenvalue weighted by atomic mass is 9.82. The SMILES string of the molecule is COc1cc(CNC(C)(C)CC(C)(C)C)cc(Cl)c1OCC(=O)Nc1ccc(C)cc1. The van der Waals surface area contributed by atoms with Gasteiger partial charge in [0, 0.05) is 17.8 Å². The predicted octanol–water partition coefficient (Wildman–Crippen LogP) is 5.98. The van der Waals surface area contributed by atoms with Crippen LogP contribution < -0.4 is 20.1 Å². The van der Waals surface area contributed by atoms with Gasteiger partial charge in [0.25, 0.3) is 5.91 Å². The number of carbonyl (C=O) groups excluding carboxylic acids is 1. The number of aryl methyl sites for hydroxylation is 1. The van der Waals surface area contributed by atoms with Gasteiger partial charge in [-0.25, -0.2) is 0 Å². The highest BCUT2D eigenvalue weighted by atomic mass is 35.5. The molecule has 0 aliphatic carbocycles. The first-order valence-corrected chi connectivity index (χ1v) is 10.9. The zero-order chi connectivity index (χ0) is 23.2. The van der Waals surface area contributed by atoms with Gasteiger partial charge in [0.2, 0.25) is 0 Å². The van der Waals surface area contributed by atoms with Crippen molar-refractivity contribution in [3.05, 3.63) is 52.5 Å². The Bertz CT molecular complexity index is 887. The minimum Gasteiger partial charge on any atom is -0.493 e. The molecular weight excluding hydrogens is 412 g/mol. The molecule has 0 radical (unpaired) electrons. The number of methoxy groups -OCH3 is 1. The summed E-state index contributed by atoms with van der Waals surface area (Å²) in [5.74, 6) is 0.596. The molecule has 0 saturated heterocycles. The second-order valence-corrected chi connectivity index (χ2v) is 10.2. The van der Waals surface area contributed by atoms with Crippen molar-refractivity contribution < 1.29 is 14.3 Å². The lowest BCUT2D eigenvalue weighted by Gasteiger charge is -2.33. The number of hydrogen-bond acceptors (Lipinski definition) is 4. The van der Waals surface area contributed by atoms with E-state index < -0.39 is 0 Å². The van der Waals surface area contributed by atoms with Gasteiger partial charge < -0.3 is 20.1 Å². The average Bonchev–Trinajstić information content (AvgIpc) is 2.65. The second-order valence-electron chi connectivity index (χ2n) is 9.79. The third-order valence-corrected chi connectivity index (χ3v) is 5.00. The maximum Gasteiger partial charge on any atom is 0.262 e. The monoisotopic (exact) mass is 446 g/mol. The van der Waals surface area contributed by atoms with Gasteiger partial charge in [-0.1, -0.05) is 50.1 Å². The van der Waals surface area contributed by atoms with E-state index in [2.05, 4.69) is 45.3 Å². The quantitative estimate of drug-likeness (QED) is 0.497. The Labute approximate surface area is 191 Å². The molecule has 31 heavy (non-hydrogen) atoms. The molecular formula is C25H35ClN2O3. The minimum atomic E-state index is -0.267. The normalized spacial score (nSPS) is 11.9. The number of rotatable bonds is 9. The van der Waals surface area contributed by atoms with E-state index in [-0.39, 0.29) is 23.5 Å². The van der Waals surface area contributed by atoms with Crippen LogP contribution in [0.3, 0.4) is 0 Å². The fourth-order valence-corrected chi connectivity index (χ4v) is 4.00. The Morgan fingerprint density at radius 1 is 1.06 bits per heavy atom. The van der Waals surface area contributed by atoms with E-state index in [1.807, 2.05) is 43.3 Å². The van der Waals surface area contributed by atoms with Gasteiger partial charge in [0.1, 0.15) is 0 Å². The summed E-state index contributed by atoms with van der Waals surface area (Å²) in [5, 5.41) is 6.81. The zero-order valence-corrected chi connectivity index (χ0v) is 20.4. The van der Waals surface area contributed by atoms with Crippen LogP contribution in [-0.4, -0.2) is 25.2 Å². The summed E-state index contributed by atoms with van der Waals surface area (Å²) < 4.78 is 11.2. The fourth-order valence-electron chi connectivity index (χ4n) is 3.72. The summed E-state index contributed by atoms with van der Waals surface area (Å²) in [6.45, 7) is 13.6. The van der Waals surface area contributed by atoms with Gasteiger partial charge in [-0.15, -0.1) is 0 Å². The van der Waals surface area contributed by atoms with Crippen LogP contribution in [0.15, 0.2) is 36.4 Å². The Balaban J connectivity index is 2.01. The van der Waals surface area contributed by atoms with Gasteiger partial charge in [-0.05, 0) is 62.4 Å².